The lowest BCUT2D eigenvalue weighted by Crippen LogP contribution is -2.28. The number of carbonyl (C=O) groups is 1. The molecular formula is C13H17NO4. The van der Waals surface area contributed by atoms with Crippen LogP contribution in [0.3, 0.4) is 0 Å². The quantitative estimate of drug-likeness (QED) is 0.877. The van der Waals surface area contributed by atoms with Crippen LogP contribution in [0.15, 0.2) is 24.3 Å². The zero-order valence-electron chi connectivity index (χ0n) is 10.5. The first-order chi connectivity index (χ1) is 8.56. The summed E-state index contributed by atoms with van der Waals surface area (Å²) in [5, 5.41) is 10.5. The highest BCUT2D eigenvalue weighted by Gasteiger charge is 2.27. The Bertz CT molecular complexity index is 433. The number of aliphatic hydroxyl groups is 1. The molecule has 0 spiro atoms. The second kappa shape index (κ2) is 5.37. The average Bonchev–Trinajstić information content (AvgIpc) is 2.74. The minimum absolute atomic E-state index is 0.0558. The number of hydrogen-bond acceptors (Lipinski definition) is 4. The molecule has 0 unspecified atom stereocenters. The number of hydrogen-bond donors (Lipinski definition) is 1. The van der Waals surface area contributed by atoms with Crippen LogP contribution in [-0.2, 0) is 4.84 Å². The topological polar surface area (TPSA) is 59.0 Å². The van der Waals surface area contributed by atoms with Gasteiger partial charge in [0.15, 0.2) is 0 Å². The molecule has 1 atom stereocenters. The van der Waals surface area contributed by atoms with Gasteiger partial charge in [-0.1, -0.05) is 6.07 Å². The Hall–Kier alpha value is -1.59. The molecule has 1 aromatic carbocycles. The van der Waals surface area contributed by atoms with Crippen molar-refractivity contribution in [1.82, 2.24) is 5.06 Å². The molecule has 0 aromatic heterocycles. The van der Waals surface area contributed by atoms with Gasteiger partial charge in [-0.15, -0.1) is 0 Å². The fourth-order valence-corrected chi connectivity index (χ4v) is 1.73. The van der Waals surface area contributed by atoms with E-state index in [1.54, 1.807) is 24.3 Å². The van der Waals surface area contributed by atoms with E-state index in [1.807, 2.05) is 13.8 Å². The van der Waals surface area contributed by atoms with Crippen molar-refractivity contribution in [2.45, 2.75) is 26.1 Å². The van der Waals surface area contributed by atoms with Crippen molar-refractivity contribution in [2.75, 3.05) is 13.2 Å². The lowest BCUT2D eigenvalue weighted by molar-refractivity contribution is -0.0779. The maximum atomic E-state index is 12.1. The molecule has 98 valence electrons. The van der Waals surface area contributed by atoms with Crippen LogP contribution in [0.4, 0.5) is 0 Å². The van der Waals surface area contributed by atoms with Crippen LogP contribution in [-0.4, -0.2) is 41.4 Å². The summed E-state index contributed by atoms with van der Waals surface area (Å²) in [5.41, 5.74) is 0.488. The number of aliphatic hydroxyl groups excluding tert-OH is 1. The standard InChI is InChI=1S/C13H17NO4/c1-9(2)18-12-5-3-4-10(6-12)13(16)14-7-11(15)8-17-14/h3-6,9,11,15H,7-8H2,1-2H3/t11-/m0/s1. The lowest BCUT2D eigenvalue weighted by atomic mass is 10.2. The fourth-order valence-electron chi connectivity index (χ4n) is 1.73. The SMILES string of the molecule is CC(C)Oc1cccc(C(=O)N2C[C@H](O)CO2)c1. The smallest absolute Gasteiger partial charge is 0.277 e. The molecule has 1 fully saturated rings. The first kappa shape index (κ1) is 12.9. The highest BCUT2D eigenvalue weighted by Crippen LogP contribution is 2.18. The van der Waals surface area contributed by atoms with E-state index < -0.39 is 6.10 Å². The van der Waals surface area contributed by atoms with Crippen molar-refractivity contribution in [2.24, 2.45) is 0 Å². The highest BCUT2D eigenvalue weighted by molar-refractivity contribution is 5.94. The van der Waals surface area contributed by atoms with Gasteiger partial charge in [0.2, 0.25) is 0 Å². The van der Waals surface area contributed by atoms with E-state index in [-0.39, 0.29) is 25.2 Å². The third-order valence-corrected chi connectivity index (χ3v) is 2.48. The van der Waals surface area contributed by atoms with Gasteiger partial charge in [0.25, 0.3) is 5.91 Å². The van der Waals surface area contributed by atoms with E-state index in [0.717, 1.165) is 0 Å². The van der Waals surface area contributed by atoms with Crippen molar-refractivity contribution in [3.63, 3.8) is 0 Å². The normalized spacial score (nSPS) is 19.3. The Morgan fingerprint density at radius 3 is 2.94 bits per heavy atom. The molecule has 0 saturated carbocycles. The zero-order chi connectivity index (χ0) is 13.1. The molecule has 0 aliphatic carbocycles. The summed E-state index contributed by atoms with van der Waals surface area (Å²) < 4.78 is 5.53. The largest absolute Gasteiger partial charge is 0.491 e. The van der Waals surface area contributed by atoms with Gasteiger partial charge in [0, 0.05) is 5.56 Å². The monoisotopic (exact) mass is 251 g/mol. The molecule has 1 aliphatic heterocycles. The van der Waals surface area contributed by atoms with E-state index in [9.17, 15) is 9.90 Å². The molecular weight excluding hydrogens is 234 g/mol. The van der Waals surface area contributed by atoms with Crippen LogP contribution in [0, 0.1) is 0 Å². The summed E-state index contributed by atoms with van der Waals surface area (Å²) in [5.74, 6) is 0.386. The summed E-state index contributed by atoms with van der Waals surface area (Å²) >= 11 is 0. The second-order valence-corrected chi connectivity index (χ2v) is 4.51. The number of ether oxygens (including phenoxy) is 1. The molecule has 1 N–H and O–H groups in total. The van der Waals surface area contributed by atoms with Gasteiger partial charge in [0.05, 0.1) is 12.6 Å². The number of β-amino-alcohol motifs (C(OH)–C–C–N with tert-alkyl or cyclic N) is 1. The number of amides is 1. The number of benzene rings is 1. The minimum atomic E-state index is -0.607. The van der Waals surface area contributed by atoms with Crippen LogP contribution in [0.25, 0.3) is 0 Å². The van der Waals surface area contributed by atoms with Gasteiger partial charge in [-0.3, -0.25) is 9.63 Å². The fraction of sp³-hybridized carbons (Fsp3) is 0.462. The van der Waals surface area contributed by atoms with Crippen LogP contribution in [0.5, 0.6) is 5.75 Å². The molecule has 2 rings (SSSR count). The maximum Gasteiger partial charge on any atom is 0.277 e. The summed E-state index contributed by atoms with van der Waals surface area (Å²) in [7, 11) is 0. The second-order valence-electron chi connectivity index (χ2n) is 4.51. The first-order valence-electron chi connectivity index (χ1n) is 5.96. The molecule has 1 amide bonds. The van der Waals surface area contributed by atoms with Gasteiger partial charge < -0.3 is 9.84 Å². The number of carbonyl (C=O) groups excluding carboxylic acids is 1. The third kappa shape index (κ3) is 3.00. The van der Waals surface area contributed by atoms with Crippen molar-refractivity contribution in [3.05, 3.63) is 29.8 Å². The molecule has 1 heterocycles. The minimum Gasteiger partial charge on any atom is -0.491 e. The molecule has 0 bridgehead atoms. The number of rotatable bonds is 3. The Balaban J connectivity index is 2.10. The lowest BCUT2D eigenvalue weighted by Gasteiger charge is -2.15. The molecule has 18 heavy (non-hydrogen) atoms. The third-order valence-electron chi connectivity index (χ3n) is 2.48. The number of hydroxylamine groups is 2. The highest BCUT2D eigenvalue weighted by atomic mass is 16.7. The van der Waals surface area contributed by atoms with Crippen LogP contribution < -0.4 is 4.74 Å². The molecule has 1 aliphatic rings. The van der Waals surface area contributed by atoms with Crippen molar-refractivity contribution in [1.29, 1.82) is 0 Å². The van der Waals surface area contributed by atoms with Crippen molar-refractivity contribution in [3.8, 4) is 5.75 Å². The summed E-state index contributed by atoms with van der Waals surface area (Å²) in [4.78, 5) is 17.2. The van der Waals surface area contributed by atoms with E-state index in [2.05, 4.69) is 0 Å². The van der Waals surface area contributed by atoms with Crippen LogP contribution in [0.2, 0.25) is 0 Å². The zero-order valence-corrected chi connectivity index (χ0v) is 10.5. The predicted molar refractivity (Wildman–Crippen MR) is 65.2 cm³/mol. The van der Waals surface area contributed by atoms with Gasteiger partial charge in [-0.25, -0.2) is 5.06 Å². The van der Waals surface area contributed by atoms with Gasteiger partial charge in [-0.05, 0) is 32.0 Å². The maximum absolute atomic E-state index is 12.1. The van der Waals surface area contributed by atoms with Crippen molar-refractivity contribution >= 4 is 5.91 Å². The first-order valence-corrected chi connectivity index (χ1v) is 5.96. The molecule has 1 aromatic rings. The van der Waals surface area contributed by atoms with Crippen LogP contribution in [0.1, 0.15) is 24.2 Å². The average molecular weight is 251 g/mol. The van der Waals surface area contributed by atoms with E-state index in [0.29, 0.717) is 11.3 Å². The van der Waals surface area contributed by atoms with E-state index in [1.165, 1.54) is 5.06 Å². The Morgan fingerprint density at radius 2 is 2.33 bits per heavy atom. The van der Waals surface area contributed by atoms with Crippen LogP contribution >= 0.6 is 0 Å². The molecule has 0 radical (unpaired) electrons. The summed E-state index contributed by atoms with van der Waals surface area (Å²) in [6, 6.07) is 6.94. The molecule has 1 saturated heterocycles. The molecule has 5 heteroatoms. The van der Waals surface area contributed by atoms with Gasteiger partial charge in [-0.2, -0.15) is 0 Å². The Kier molecular flexibility index (Phi) is 3.84. The summed E-state index contributed by atoms with van der Waals surface area (Å²) in [6.45, 7) is 4.21. The van der Waals surface area contributed by atoms with Gasteiger partial charge in [0.1, 0.15) is 18.5 Å². The Morgan fingerprint density at radius 1 is 1.56 bits per heavy atom. The van der Waals surface area contributed by atoms with Gasteiger partial charge >= 0.3 is 0 Å². The number of nitrogens with zero attached hydrogens (tertiary/aromatic N) is 1. The Labute approximate surface area is 106 Å². The summed E-state index contributed by atoms with van der Waals surface area (Å²) in [6.07, 6.45) is -0.552. The van der Waals surface area contributed by atoms with E-state index >= 15 is 0 Å². The van der Waals surface area contributed by atoms with Crippen molar-refractivity contribution < 1.29 is 19.5 Å². The molecule has 5 nitrogen and oxygen atoms in total. The predicted octanol–water partition coefficient (Wildman–Crippen LogP) is 1.22. The van der Waals surface area contributed by atoms with E-state index in [4.69, 9.17) is 9.57 Å².